The van der Waals surface area contributed by atoms with Gasteiger partial charge >= 0.3 is 5.97 Å². The molecule has 0 aliphatic heterocycles. The minimum atomic E-state index is -0.965. The number of carboxylic acids is 1. The number of nitrogens with zero attached hydrogens (tertiary/aromatic N) is 2. The summed E-state index contributed by atoms with van der Waals surface area (Å²) in [5.41, 5.74) is 7.50. The van der Waals surface area contributed by atoms with Crippen molar-refractivity contribution in [1.82, 2.24) is 9.61 Å². The zero-order valence-corrected chi connectivity index (χ0v) is 8.27. The first-order chi connectivity index (χ1) is 7.13. The lowest BCUT2D eigenvalue weighted by Crippen LogP contribution is -1.99. The van der Waals surface area contributed by atoms with E-state index in [1.54, 1.807) is 22.8 Å². The number of fused-ring (bicyclic) bond motifs is 1. The number of carboxylic acid groups (broad SMARTS) is 1. The van der Waals surface area contributed by atoms with Crippen LogP contribution in [0.1, 0.15) is 23.0 Å². The van der Waals surface area contributed by atoms with Gasteiger partial charge in [0.2, 0.25) is 0 Å². The van der Waals surface area contributed by atoms with Crippen LogP contribution < -0.4 is 5.73 Å². The lowest BCUT2D eigenvalue weighted by atomic mass is 10.1. The number of aryl methyl sites for hydroxylation is 1. The van der Waals surface area contributed by atoms with E-state index in [-0.39, 0.29) is 5.56 Å². The maximum absolute atomic E-state index is 11.1. The van der Waals surface area contributed by atoms with Crippen LogP contribution in [0.15, 0.2) is 18.3 Å². The van der Waals surface area contributed by atoms with E-state index in [1.165, 1.54) is 0 Å². The minimum Gasteiger partial charge on any atom is -0.478 e. The van der Waals surface area contributed by atoms with Crippen LogP contribution >= 0.6 is 0 Å². The molecule has 0 saturated carbocycles. The van der Waals surface area contributed by atoms with Crippen molar-refractivity contribution in [2.75, 3.05) is 5.73 Å². The van der Waals surface area contributed by atoms with Gasteiger partial charge < -0.3 is 10.8 Å². The lowest BCUT2D eigenvalue weighted by molar-refractivity contribution is 0.0698. The second kappa shape index (κ2) is 3.27. The lowest BCUT2D eigenvalue weighted by Gasteiger charge is -1.96. The molecule has 15 heavy (non-hydrogen) atoms. The second-order valence-electron chi connectivity index (χ2n) is 3.27. The summed E-state index contributed by atoms with van der Waals surface area (Å²) in [6, 6.07) is 3.31. The molecule has 0 aliphatic carbocycles. The van der Waals surface area contributed by atoms with Crippen molar-refractivity contribution in [2.45, 2.75) is 13.3 Å². The quantitative estimate of drug-likeness (QED) is 0.771. The third-order valence-electron chi connectivity index (χ3n) is 2.28. The van der Waals surface area contributed by atoms with Gasteiger partial charge in [-0.1, -0.05) is 6.92 Å². The molecule has 78 valence electrons. The number of hydrogen-bond donors (Lipinski definition) is 2. The molecule has 2 heterocycles. The van der Waals surface area contributed by atoms with Gasteiger partial charge in [0.15, 0.2) is 0 Å². The Morgan fingerprint density at radius 2 is 2.40 bits per heavy atom. The van der Waals surface area contributed by atoms with E-state index in [9.17, 15) is 4.79 Å². The highest BCUT2D eigenvalue weighted by molar-refractivity contribution is 5.97. The van der Waals surface area contributed by atoms with Gasteiger partial charge in [-0.05, 0) is 18.6 Å². The second-order valence-corrected chi connectivity index (χ2v) is 3.27. The van der Waals surface area contributed by atoms with Gasteiger partial charge in [-0.25, -0.2) is 9.31 Å². The number of anilines is 1. The molecule has 5 heteroatoms. The number of carbonyl (C=O) groups is 1. The van der Waals surface area contributed by atoms with Crippen LogP contribution in [0, 0.1) is 0 Å². The number of nitrogens with two attached hydrogens (primary N) is 1. The average molecular weight is 205 g/mol. The molecule has 0 saturated heterocycles. The van der Waals surface area contributed by atoms with E-state index in [4.69, 9.17) is 10.8 Å². The Morgan fingerprint density at radius 3 is 3.00 bits per heavy atom. The van der Waals surface area contributed by atoms with Crippen molar-refractivity contribution < 1.29 is 9.90 Å². The van der Waals surface area contributed by atoms with Gasteiger partial charge in [-0.2, -0.15) is 5.10 Å². The predicted molar refractivity (Wildman–Crippen MR) is 55.9 cm³/mol. The van der Waals surface area contributed by atoms with E-state index in [2.05, 4.69) is 5.10 Å². The molecule has 2 rings (SSSR count). The molecule has 2 aromatic heterocycles. The maximum Gasteiger partial charge on any atom is 0.339 e. The highest BCUT2D eigenvalue weighted by Gasteiger charge is 2.17. The molecule has 0 atom stereocenters. The Labute approximate surface area is 86.1 Å². The van der Waals surface area contributed by atoms with Crippen LogP contribution in [0.4, 0.5) is 5.69 Å². The normalized spacial score (nSPS) is 10.7. The largest absolute Gasteiger partial charge is 0.478 e. The zero-order chi connectivity index (χ0) is 11.0. The van der Waals surface area contributed by atoms with E-state index in [1.807, 2.05) is 6.92 Å². The Morgan fingerprint density at radius 1 is 1.67 bits per heavy atom. The summed E-state index contributed by atoms with van der Waals surface area (Å²) in [6.07, 6.45) is 2.25. The summed E-state index contributed by atoms with van der Waals surface area (Å²) in [7, 11) is 0. The molecule has 0 aliphatic rings. The molecule has 3 N–H and O–H groups in total. The van der Waals surface area contributed by atoms with Crippen molar-refractivity contribution in [1.29, 1.82) is 0 Å². The van der Waals surface area contributed by atoms with E-state index < -0.39 is 5.97 Å². The molecule has 0 fully saturated rings. The van der Waals surface area contributed by atoms with Crippen molar-refractivity contribution >= 4 is 17.2 Å². The van der Waals surface area contributed by atoms with Crippen molar-refractivity contribution in [3.05, 3.63) is 29.6 Å². The maximum atomic E-state index is 11.1. The van der Waals surface area contributed by atoms with Crippen molar-refractivity contribution in [2.24, 2.45) is 0 Å². The van der Waals surface area contributed by atoms with E-state index >= 15 is 0 Å². The number of aromatic carboxylic acids is 1. The number of hydrogen-bond acceptors (Lipinski definition) is 3. The fraction of sp³-hybridized carbons (Fsp3) is 0.200. The minimum absolute atomic E-state index is 0.241. The van der Waals surface area contributed by atoms with Crippen LogP contribution in [0.25, 0.3) is 5.52 Å². The van der Waals surface area contributed by atoms with Gasteiger partial charge in [0.1, 0.15) is 5.56 Å². The Hall–Kier alpha value is -2.04. The SMILES string of the molecule is CCc1nn2ccc(N)cc2c1C(=O)O. The fourth-order valence-electron chi connectivity index (χ4n) is 1.59. The summed E-state index contributed by atoms with van der Waals surface area (Å²) >= 11 is 0. The Kier molecular flexibility index (Phi) is 2.07. The predicted octanol–water partition coefficient (Wildman–Crippen LogP) is 1.18. The van der Waals surface area contributed by atoms with Crippen molar-refractivity contribution in [3.8, 4) is 0 Å². The molecule has 2 aromatic rings. The standard InChI is InChI=1S/C10H11N3O2/c1-2-7-9(10(14)15)8-5-6(11)3-4-13(8)12-7/h3-5H,2,11H2,1H3,(H,14,15). The van der Waals surface area contributed by atoms with E-state index in [0.29, 0.717) is 23.3 Å². The smallest absolute Gasteiger partial charge is 0.339 e. The summed E-state index contributed by atoms with van der Waals surface area (Å²) in [5, 5.41) is 13.3. The van der Waals surface area contributed by atoms with Gasteiger partial charge in [-0.15, -0.1) is 0 Å². The van der Waals surface area contributed by atoms with Gasteiger partial charge in [0.05, 0.1) is 11.2 Å². The van der Waals surface area contributed by atoms with Crippen LogP contribution in [0.2, 0.25) is 0 Å². The highest BCUT2D eigenvalue weighted by atomic mass is 16.4. The number of pyridine rings is 1. The number of nitrogen functional groups attached to an aromatic ring is 1. The molecule has 0 radical (unpaired) electrons. The molecular formula is C10H11N3O2. The van der Waals surface area contributed by atoms with E-state index in [0.717, 1.165) is 0 Å². The Balaban J connectivity index is 2.82. The number of aromatic nitrogens is 2. The topological polar surface area (TPSA) is 80.6 Å². The van der Waals surface area contributed by atoms with Crippen LogP contribution in [0.3, 0.4) is 0 Å². The van der Waals surface area contributed by atoms with Crippen LogP contribution in [0.5, 0.6) is 0 Å². The summed E-state index contributed by atoms with van der Waals surface area (Å²) < 4.78 is 1.54. The van der Waals surface area contributed by atoms with Gasteiger partial charge in [-0.3, -0.25) is 0 Å². The molecule has 0 amide bonds. The first-order valence-electron chi connectivity index (χ1n) is 4.63. The number of rotatable bonds is 2. The third kappa shape index (κ3) is 1.41. The monoisotopic (exact) mass is 205 g/mol. The zero-order valence-electron chi connectivity index (χ0n) is 8.27. The summed E-state index contributed by atoms with van der Waals surface area (Å²) in [5.74, 6) is -0.965. The highest BCUT2D eigenvalue weighted by Crippen LogP contribution is 2.18. The first kappa shape index (κ1) is 9.51. The molecule has 0 bridgehead atoms. The molecule has 0 spiro atoms. The van der Waals surface area contributed by atoms with Crippen LogP contribution in [-0.4, -0.2) is 20.7 Å². The third-order valence-corrected chi connectivity index (χ3v) is 2.28. The average Bonchev–Trinajstić information content (AvgIpc) is 2.55. The Bertz CT molecular complexity index is 531. The summed E-state index contributed by atoms with van der Waals surface area (Å²) in [6.45, 7) is 1.87. The first-order valence-corrected chi connectivity index (χ1v) is 4.63. The fourth-order valence-corrected chi connectivity index (χ4v) is 1.59. The summed E-state index contributed by atoms with van der Waals surface area (Å²) in [4.78, 5) is 11.1. The molecule has 5 nitrogen and oxygen atoms in total. The molecule has 0 aromatic carbocycles. The molecule has 0 unspecified atom stereocenters. The van der Waals surface area contributed by atoms with Gasteiger partial charge in [0, 0.05) is 11.9 Å². The van der Waals surface area contributed by atoms with Crippen molar-refractivity contribution in [3.63, 3.8) is 0 Å². The van der Waals surface area contributed by atoms with Crippen LogP contribution in [-0.2, 0) is 6.42 Å². The molecular weight excluding hydrogens is 194 g/mol. The van der Waals surface area contributed by atoms with Gasteiger partial charge in [0.25, 0.3) is 0 Å².